The van der Waals surface area contributed by atoms with Gasteiger partial charge in [0.15, 0.2) is 17.5 Å². The van der Waals surface area contributed by atoms with Gasteiger partial charge in [0, 0.05) is 50.1 Å². The highest BCUT2D eigenvalue weighted by Crippen LogP contribution is 2.41. The van der Waals surface area contributed by atoms with Crippen LogP contribution in [-0.4, -0.2) is 34.1 Å². The van der Waals surface area contributed by atoms with Crippen molar-refractivity contribution in [2.45, 2.75) is 19.3 Å². The molecule has 0 amide bonds. The SMILES string of the molecule is CC1(C)C=Cc2c(-c3nc(-c4ccccc4)nc(-c4ccccc4)n3)nc(-n3c4ccccc4c4ccc5c(ccn5-c5ccccc5)c43)nc21. The van der Waals surface area contributed by atoms with Crippen LogP contribution in [0.2, 0.25) is 0 Å². The largest absolute Gasteiger partial charge is 0.316 e. The molecule has 0 atom stereocenters. The first-order valence-corrected chi connectivity index (χ1v) is 17.1. The van der Waals surface area contributed by atoms with Gasteiger partial charge in [-0.25, -0.2) is 24.9 Å². The zero-order valence-electron chi connectivity index (χ0n) is 28.1. The number of benzene rings is 5. The van der Waals surface area contributed by atoms with Crippen LogP contribution >= 0.6 is 0 Å². The minimum Gasteiger partial charge on any atom is -0.316 e. The second-order valence-corrected chi connectivity index (χ2v) is 13.5. The molecule has 0 saturated heterocycles. The first-order valence-electron chi connectivity index (χ1n) is 17.1. The van der Waals surface area contributed by atoms with Crippen molar-refractivity contribution < 1.29 is 0 Å². The first-order chi connectivity index (χ1) is 25.0. The third-order valence-electron chi connectivity index (χ3n) is 9.86. The van der Waals surface area contributed by atoms with Crippen molar-refractivity contribution in [2.75, 3.05) is 0 Å². The molecule has 51 heavy (non-hydrogen) atoms. The maximum Gasteiger partial charge on any atom is 0.235 e. The summed E-state index contributed by atoms with van der Waals surface area (Å²) >= 11 is 0. The maximum absolute atomic E-state index is 5.41. The van der Waals surface area contributed by atoms with E-state index in [1.54, 1.807) is 0 Å². The molecule has 7 heteroatoms. The van der Waals surface area contributed by atoms with E-state index in [2.05, 4.69) is 108 Å². The molecule has 10 rings (SSSR count). The standard InChI is InChI=1S/C44H31N7/c1-44(2)26-24-34-37(42-48-40(28-14-6-3-7-15-28)47-41(49-42)29-16-8-4-9-17-29)45-43(46-39(34)44)51-36-21-13-12-20-31(36)32-22-23-35-33(38(32)51)25-27-50(35)30-18-10-5-11-19-30/h3-27H,1-2H3. The lowest BCUT2D eigenvalue weighted by atomic mass is 9.91. The van der Waals surface area contributed by atoms with E-state index in [1.165, 1.54) is 0 Å². The summed E-state index contributed by atoms with van der Waals surface area (Å²) in [5.41, 5.74) is 8.34. The van der Waals surface area contributed by atoms with Gasteiger partial charge in [-0.2, -0.15) is 0 Å². The molecule has 0 saturated carbocycles. The Morgan fingerprint density at radius 1 is 0.510 bits per heavy atom. The predicted molar refractivity (Wildman–Crippen MR) is 205 cm³/mol. The lowest BCUT2D eigenvalue weighted by molar-refractivity contribution is 0.650. The number of rotatable bonds is 5. The van der Waals surface area contributed by atoms with E-state index in [0.717, 1.165) is 60.8 Å². The lowest BCUT2D eigenvalue weighted by Crippen LogP contribution is -2.17. The van der Waals surface area contributed by atoms with E-state index in [1.807, 2.05) is 66.7 Å². The van der Waals surface area contributed by atoms with Gasteiger partial charge in [0.1, 0.15) is 5.69 Å². The minimum absolute atomic E-state index is 0.329. The van der Waals surface area contributed by atoms with Crippen LogP contribution in [0.3, 0.4) is 0 Å². The molecule has 5 aromatic carbocycles. The Balaban J connectivity index is 1.28. The normalized spacial score (nSPS) is 13.4. The fourth-order valence-corrected chi connectivity index (χ4v) is 7.36. The number of fused-ring (bicyclic) bond motifs is 6. The molecule has 0 N–H and O–H groups in total. The van der Waals surface area contributed by atoms with Gasteiger partial charge >= 0.3 is 0 Å². The van der Waals surface area contributed by atoms with Crippen molar-refractivity contribution in [3.05, 3.63) is 157 Å². The molecule has 1 aliphatic carbocycles. The van der Waals surface area contributed by atoms with Gasteiger partial charge in [0.05, 0.1) is 22.2 Å². The molecule has 0 aliphatic heterocycles. The van der Waals surface area contributed by atoms with Crippen LogP contribution in [0, 0.1) is 0 Å². The number of nitrogens with zero attached hydrogens (tertiary/aromatic N) is 7. The molecule has 0 spiro atoms. The fraction of sp³-hybridized carbons (Fsp3) is 0.0682. The van der Waals surface area contributed by atoms with Crippen LogP contribution in [-0.2, 0) is 5.41 Å². The molecule has 9 aromatic rings. The zero-order valence-corrected chi connectivity index (χ0v) is 28.1. The molecule has 0 unspecified atom stereocenters. The molecule has 4 heterocycles. The van der Waals surface area contributed by atoms with Crippen molar-refractivity contribution in [2.24, 2.45) is 0 Å². The highest BCUT2D eigenvalue weighted by molar-refractivity contribution is 6.18. The van der Waals surface area contributed by atoms with Crippen LogP contribution in [0.5, 0.6) is 0 Å². The van der Waals surface area contributed by atoms with Gasteiger partial charge in [-0.3, -0.25) is 4.57 Å². The van der Waals surface area contributed by atoms with Crippen molar-refractivity contribution in [3.63, 3.8) is 0 Å². The molecule has 0 radical (unpaired) electrons. The first kappa shape index (κ1) is 29.2. The van der Waals surface area contributed by atoms with Crippen molar-refractivity contribution >= 4 is 38.8 Å². The molecule has 4 aromatic heterocycles. The second-order valence-electron chi connectivity index (χ2n) is 13.5. The van der Waals surface area contributed by atoms with Crippen molar-refractivity contribution in [1.82, 2.24) is 34.1 Å². The number of allylic oxidation sites excluding steroid dienone is 1. The Kier molecular flexibility index (Phi) is 6.39. The van der Waals surface area contributed by atoms with Crippen LogP contribution in [0.4, 0.5) is 0 Å². The zero-order chi connectivity index (χ0) is 34.1. The molecule has 0 fully saturated rings. The predicted octanol–water partition coefficient (Wildman–Crippen LogP) is 10.0. The van der Waals surface area contributed by atoms with Gasteiger partial charge in [-0.15, -0.1) is 0 Å². The van der Waals surface area contributed by atoms with E-state index in [4.69, 9.17) is 24.9 Å². The third-order valence-corrected chi connectivity index (χ3v) is 9.86. The van der Waals surface area contributed by atoms with Crippen LogP contribution < -0.4 is 0 Å². The smallest absolute Gasteiger partial charge is 0.235 e. The Morgan fingerprint density at radius 2 is 1.14 bits per heavy atom. The molecule has 1 aliphatic rings. The number of hydrogen-bond acceptors (Lipinski definition) is 5. The molecular weight excluding hydrogens is 627 g/mol. The fourth-order valence-electron chi connectivity index (χ4n) is 7.36. The Bertz CT molecular complexity index is 2760. The van der Waals surface area contributed by atoms with Gasteiger partial charge in [-0.1, -0.05) is 129 Å². The summed E-state index contributed by atoms with van der Waals surface area (Å²) in [6, 6.07) is 45.7. The van der Waals surface area contributed by atoms with Crippen LogP contribution in [0.1, 0.15) is 25.1 Å². The summed E-state index contributed by atoms with van der Waals surface area (Å²) < 4.78 is 4.46. The minimum atomic E-state index is -0.329. The van der Waals surface area contributed by atoms with E-state index in [-0.39, 0.29) is 5.41 Å². The molecule has 0 bridgehead atoms. The summed E-state index contributed by atoms with van der Waals surface area (Å²) in [6.45, 7) is 4.39. The monoisotopic (exact) mass is 657 g/mol. The third kappa shape index (κ3) is 4.62. The van der Waals surface area contributed by atoms with E-state index in [0.29, 0.717) is 29.1 Å². The van der Waals surface area contributed by atoms with Crippen molar-refractivity contribution in [3.8, 4) is 45.9 Å². The van der Waals surface area contributed by atoms with Gasteiger partial charge in [0.2, 0.25) is 5.95 Å². The Labute approximate surface area is 294 Å². The average Bonchev–Trinajstić information content (AvgIpc) is 3.86. The molecule has 7 nitrogen and oxygen atoms in total. The summed E-state index contributed by atoms with van der Waals surface area (Å²) in [4.78, 5) is 25.9. The Morgan fingerprint density at radius 3 is 1.84 bits per heavy atom. The number of hydrogen-bond donors (Lipinski definition) is 0. The van der Waals surface area contributed by atoms with Crippen LogP contribution in [0.25, 0.3) is 84.7 Å². The van der Waals surface area contributed by atoms with Crippen LogP contribution in [0.15, 0.2) is 146 Å². The maximum atomic E-state index is 5.41. The number of aromatic nitrogens is 7. The summed E-state index contributed by atoms with van der Waals surface area (Å²) in [5, 5.41) is 3.40. The van der Waals surface area contributed by atoms with E-state index >= 15 is 0 Å². The highest BCUT2D eigenvalue weighted by atomic mass is 15.2. The summed E-state index contributed by atoms with van der Waals surface area (Å²) in [7, 11) is 0. The highest BCUT2D eigenvalue weighted by Gasteiger charge is 2.32. The Hall–Kier alpha value is -6.73. The van der Waals surface area contributed by atoms with E-state index < -0.39 is 0 Å². The quantitative estimate of drug-likeness (QED) is 0.184. The molecule has 242 valence electrons. The van der Waals surface area contributed by atoms with E-state index in [9.17, 15) is 0 Å². The number of para-hydroxylation sites is 2. The van der Waals surface area contributed by atoms with Gasteiger partial charge in [0.25, 0.3) is 0 Å². The molecular formula is C44H31N7. The van der Waals surface area contributed by atoms with Gasteiger partial charge < -0.3 is 4.57 Å². The topological polar surface area (TPSA) is 74.3 Å². The summed E-state index contributed by atoms with van der Waals surface area (Å²) in [6.07, 6.45) is 6.46. The van der Waals surface area contributed by atoms with Crippen molar-refractivity contribution in [1.29, 1.82) is 0 Å². The second kappa shape index (κ2) is 11.1. The van der Waals surface area contributed by atoms with Gasteiger partial charge in [-0.05, 0) is 30.3 Å². The average molecular weight is 658 g/mol. The summed E-state index contributed by atoms with van der Waals surface area (Å²) in [5.74, 6) is 2.27. The lowest BCUT2D eigenvalue weighted by Gasteiger charge is -2.19.